The first kappa shape index (κ1) is 26.3. The molecule has 0 aliphatic carbocycles. The van der Waals surface area contributed by atoms with Crippen LogP contribution in [0.3, 0.4) is 0 Å². The van der Waals surface area contributed by atoms with Crippen molar-refractivity contribution in [3.63, 3.8) is 0 Å². The predicted molar refractivity (Wildman–Crippen MR) is 144 cm³/mol. The van der Waals surface area contributed by atoms with Crippen molar-refractivity contribution < 1.29 is 9.53 Å². The standard InChI is InChI=1S/C26H35ClN4O2S/c27-22-10-12-23(13-11-22)30-26(34)29-14-5-9-25(32)28-15-6-18-33-24-8-4-7-21(19-24)20-31-16-2-1-3-17-31/h4,7-8,10-13,19H,1-3,5-6,9,14-18,20H2,(H,28,32)(H2,29,30,34). The number of nitrogens with one attached hydrogen (secondary N) is 3. The number of nitrogens with zero attached hydrogens (tertiary/aromatic N) is 1. The Labute approximate surface area is 213 Å². The van der Waals surface area contributed by atoms with E-state index in [2.05, 4.69) is 39.0 Å². The van der Waals surface area contributed by atoms with Crippen molar-refractivity contribution in [1.29, 1.82) is 0 Å². The molecule has 8 heteroatoms. The maximum atomic E-state index is 12.0. The first-order valence-corrected chi connectivity index (χ1v) is 12.9. The zero-order chi connectivity index (χ0) is 24.0. The third-order valence-corrected chi connectivity index (χ3v) is 6.13. The summed E-state index contributed by atoms with van der Waals surface area (Å²) in [6.45, 7) is 5.19. The van der Waals surface area contributed by atoms with Crippen LogP contribution in [0.1, 0.15) is 44.1 Å². The molecular weight excluding hydrogens is 468 g/mol. The molecular formula is C26H35ClN4O2S. The van der Waals surface area contributed by atoms with E-state index in [1.54, 1.807) is 12.1 Å². The van der Waals surface area contributed by atoms with Gasteiger partial charge in [-0.05, 0) is 93.0 Å². The maximum Gasteiger partial charge on any atom is 0.220 e. The molecule has 1 aliphatic heterocycles. The Morgan fingerprint density at radius 3 is 2.56 bits per heavy atom. The van der Waals surface area contributed by atoms with Crippen LogP contribution in [0.15, 0.2) is 48.5 Å². The minimum Gasteiger partial charge on any atom is -0.494 e. The van der Waals surface area contributed by atoms with Crippen molar-refractivity contribution in [1.82, 2.24) is 15.5 Å². The van der Waals surface area contributed by atoms with Crippen molar-refractivity contribution in [2.45, 2.75) is 45.1 Å². The van der Waals surface area contributed by atoms with Gasteiger partial charge in [-0.25, -0.2) is 0 Å². The van der Waals surface area contributed by atoms with Gasteiger partial charge in [-0.15, -0.1) is 0 Å². The predicted octanol–water partition coefficient (Wildman–Crippen LogP) is 4.98. The number of piperidine rings is 1. The topological polar surface area (TPSA) is 65.6 Å². The van der Waals surface area contributed by atoms with E-state index in [1.165, 1.54) is 37.9 Å². The number of carbonyl (C=O) groups excluding carboxylic acids is 1. The lowest BCUT2D eigenvalue weighted by atomic mass is 10.1. The van der Waals surface area contributed by atoms with E-state index in [4.69, 9.17) is 28.6 Å². The van der Waals surface area contributed by atoms with Crippen LogP contribution in [0.5, 0.6) is 5.75 Å². The first-order chi connectivity index (χ1) is 16.6. The van der Waals surface area contributed by atoms with Crippen molar-refractivity contribution in [2.24, 2.45) is 0 Å². The van der Waals surface area contributed by atoms with Gasteiger partial charge in [0, 0.05) is 36.8 Å². The number of benzene rings is 2. The number of hydrogen-bond donors (Lipinski definition) is 3. The number of rotatable bonds is 12. The zero-order valence-corrected chi connectivity index (χ0v) is 21.2. The van der Waals surface area contributed by atoms with E-state index < -0.39 is 0 Å². The van der Waals surface area contributed by atoms with Gasteiger partial charge in [0.1, 0.15) is 5.75 Å². The smallest absolute Gasteiger partial charge is 0.220 e. The fourth-order valence-corrected chi connectivity index (χ4v) is 4.19. The number of ether oxygens (including phenoxy) is 1. The summed E-state index contributed by atoms with van der Waals surface area (Å²) in [5.41, 5.74) is 2.17. The van der Waals surface area contributed by atoms with Crippen LogP contribution in [-0.4, -0.2) is 48.7 Å². The van der Waals surface area contributed by atoms with E-state index in [9.17, 15) is 4.79 Å². The van der Waals surface area contributed by atoms with E-state index in [-0.39, 0.29) is 5.91 Å². The Kier molecular flexibility index (Phi) is 11.4. The van der Waals surface area contributed by atoms with Gasteiger partial charge in [-0.1, -0.05) is 30.2 Å². The van der Waals surface area contributed by atoms with Crippen molar-refractivity contribution in [2.75, 3.05) is 38.1 Å². The Morgan fingerprint density at radius 2 is 1.76 bits per heavy atom. The summed E-state index contributed by atoms with van der Waals surface area (Å²) >= 11 is 11.1. The summed E-state index contributed by atoms with van der Waals surface area (Å²) in [4.78, 5) is 14.5. The third-order valence-electron chi connectivity index (χ3n) is 5.63. The largest absolute Gasteiger partial charge is 0.494 e. The number of halogens is 1. The molecule has 2 aromatic rings. The van der Waals surface area contributed by atoms with Crippen LogP contribution < -0.4 is 20.7 Å². The monoisotopic (exact) mass is 502 g/mol. The molecule has 34 heavy (non-hydrogen) atoms. The van der Waals surface area contributed by atoms with Crippen molar-refractivity contribution in [3.05, 3.63) is 59.1 Å². The van der Waals surface area contributed by atoms with Crippen molar-refractivity contribution >= 4 is 40.5 Å². The normalized spacial score (nSPS) is 13.8. The molecule has 0 saturated carbocycles. The minimum atomic E-state index is 0.0434. The van der Waals surface area contributed by atoms with E-state index in [1.807, 2.05) is 18.2 Å². The molecule has 1 fully saturated rings. The van der Waals surface area contributed by atoms with Crippen LogP contribution >= 0.6 is 23.8 Å². The zero-order valence-electron chi connectivity index (χ0n) is 19.7. The number of amides is 1. The summed E-state index contributed by atoms with van der Waals surface area (Å²) in [7, 11) is 0. The molecule has 0 spiro atoms. The van der Waals surface area contributed by atoms with Crippen LogP contribution in [0.4, 0.5) is 5.69 Å². The fourth-order valence-electron chi connectivity index (χ4n) is 3.85. The number of hydrogen-bond acceptors (Lipinski definition) is 4. The highest BCUT2D eigenvalue weighted by Gasteiger charge is 2.10. The molecule has 0 radical (unpaired) electrons. The third kappa shape index (κ3) is 10.3. The molecule has 1 aliphatic rings. The van der Waals surface area contributed by atoms with Gasteiger partial charge in [-0.2, -0.15) is 0 Å². The summed E-state index contributed by atoms with van der Waals surface area (Å²) in [6.07, 6.45) is 5.88. The fraction of sp³-hybridized carbons (Fsp3) is 0.462. The molecule has 6 nitrogen and oxygen atoms in total. The molecule has 3 N–H and O–H groups in total. The average Bonchev–Trinajstić information content (AvgIpc) is 2.84. The molecule has 1 heterocycles. The highest BCUT2D eigenvalue weighted by atomic mass is 35.5. The number of likely N-dealkylation sites (tertiary alicyclic amines) is 1. The Balaban J connectivity index is 1.21. The molecule has 0 aromatic heterocycles. The highest BCUT2D eigenvalue weighted by molar-refractivity contribution is 7.80. The SMILES string of the molecule is O=C(CCCNC(=S)Nc1ccc(Cl)cc1)NCCCOc1cccc(CN2CCCCC2)c1. The average molecular weight is 503 g/mol. The molecule has 184 valence electrons. The van der Waals surface area contributed by atoms with Crippen LogP contribution in [0.25, 0.3) is 0 Å². The first-order valence-electron chi connectivity index (χ1n) is 12.1. The van der Waals surface area contributed by atoms with Gasteiger partial charge in [0.15, 0.2) is 5.11 Å². The second kappa shape index (κ2) is 14.8. The van der Waals surface area contributed by atoms with Gasteiger partial charge in [0.25, 0.3) is 0 Å². The summed E-state index contributed by atoms with van der Waals surface area (Å²) in [5, 5.41) is 10.4. The maximum absolute atomic E-state index is 12.0. The van der Waals surface area contributed by atoms with Gasteiger partial charge in [0.05, 0.1) is 6.61 Å². The Morgan fingerprint density at radius 1 is 1.00 bits per heavy atom. The summed E-state index contributed by atoms with van der Waals surface area (Å²) < 4.78 is 5.89. The lowest BCUT2D eigenvalue weighted by Crippen LogP contribution is -2.31. The number of carbonyl (C=O) groups is 1. The molecule has 0 unspecified atom stereocenters. The van der Waals surface area contributed by atoms with Gasteiger partial charge in [-0.3, -0.25) is 9.69 Å². The molecule has 1 saturated heterocycles. The molecule has 1 amide bonds. The molecule has 0 bridgehead atoms. The van der Waals surface area contributed by atoms with Gasteiger partial charge < -0.3 is 20.7 Å². The van der Waals surface area contributed by atoms with Gasteiger partial charge in [0.2, 0.25) is 5.91 Å². The Hall–Kier alpha value is -2.35. The quantitative estimate of drug-likeness (QED) is 0.281. The second-order valence-electron chi connectivity index (χ2n) is 8.53. The van der Waals surface area contributed by atoms with Crippen LogP contribution in [-0.2, 0) is 11.3 Å². The molecule has 0 atom stereocenters. The lowest BCUT2D eigenvalue weighted by Gasteiger charge is -2.26. The minimum absolute atomic E-state index is 0.0434. The Bertz CT molecular complexity index is 904. The van der Waals surface area contributed by atoms with Crippen molar-refractivity contribution in [3.8, 4) is 5.75 Å². The lowest BCUT2D eigenvalue weighted by molar-refractivity contribution is -0.121. The summed E-state index contributed by atoms with van der Waals surface area (Å²) in [6, 6.07) is 15.7. The van der Waals surface area contributed by atoms with E-state index >= 15 is 0 Å². The number of anilines is 1. The molecule has 3 rings (SSSR count). The van der Waals surface area contributed by atoms with E-state index in [0.29, 0.717) is 42.7 Å². The van der Waals surface area contributed by atoms with E-state index in [0.717, 1.165) is 24.4 Å². The molecule has 2 aromatic carbocycles. The summed E-state index contributed by atoms with van der Waals surface area (Å²) in [5.74, 6) is 0.942. The van der Waals surface area contributed by atoms with Crippen LogP contribution in [0, 0.1) is 0 Å². The highest BCUT2D eigenvalue weighted by Crippen LogP contribution is 2.18. The number of thiocarbonyl (C=S) groups is 1. The second-order valence-corrected chi connectivity index (χ2v) is 9.37. The van der Waals surface area contributed by atoms with Gasteiger partial charge >= 0.3 is 0 Å². The van der Waals surface area contributed by atoms with Crippen LogP contribution in [0.2, 0.25) is 5.02 Å².